The maximum atomic E-state index is 12.1. The Morgan fingerprint density at radius 1 is 1.29 bits per heavy atom. The monoisotopic (exact) mass is 288 g/mol. The van der Waals surface area contributed by atoms with E-state index in [1.165, 1.54) is 6.08 Å². The van der Waals surface area contributed by atoms with E-state index in [9.17, 15) is 9.59 Å². The maximum Gasteiger partial charge on any atom is 0.277 e. The van der Waals surface area contributed by atoms with Crippen LogP contribution in [-0.2, 0) is 9.59 Å². The van der Waals surface area contributed by atoms with Gasteiger partial charge in [-0.25, -0.2) is 0 Å². The molecule has 1 aromatic carbocycles. The van der Waals surface area contributed by atoms with Crippen LogP contribution >= 0.6 is 0 Å². The zero-order valence-corrected chi connectivity index (χ0v) is 12.5. The van der Waals surface area contributed by atoms with Gasteiger partial charge in [-0.05, 0) is 30.0 Å². The predicted octanol–water partition coefficient (Wildman–Crippen LogP) is 1.78. The molecule has 5 nitrogen and oxygen atoms in total. The second-order valence-electron chi connectivity index (χ2n) is 5.43. The standard InChI is InChI=1S/C16H20N2O3/c1-10(2)12-5-4-11(3)13(8-12)17-14-9-15(20)18(6-7-19)16(14)21/h4-5,8-10,17,19H,6-7H2,1-3H3. The van der Waals surface area contributed by atoms with Crippen LogP contribution in [0, 0.1) is 6.92 Å². The Balaban J connectivity index is 2.23. The average molecular weight is 288 g/mol. The lowest BCUT2D eigenvalue weighted by Crippen LogP contribution is -2.34. The number of carbonyl (C=O) groups is 2. The number of aliphatic hydroxyl groups excluding tert-OH is 1. The summed E-state index contributed by atoms with van der Waals surface area (Å²) in [5.41, 5.74) is 3.23. The number of β-amino-alcohol motifs (C(OH)–C–C–N with tert-alkyl or cyclic N) is 1. The van der Waals surface area contributed by atoms with Crippen molar-refractivity contribution in [3.63, 3.8) is 0 Å². The van der Waals surface area contributed by atoms with Gasteiger partial charge in [-0.15, -0.1) is 0 Å². The van der Waals surface area contributed by atoms with Gasteiger partial charge in [0.15, 0.2) is 0 Å². The van der Waals surface area contributed by atoms with Crippen LogP contribution in [0.5, 0.6) is 0 Å². The van der Waals surface area contributed by atoms with Crippen LogP contribution in [0.4, 0.5) is 5.69 Å². The molecule has 112 valence electrons. The van der Waals surface area contributed by atoms with Crippen LogP contribution in [0.15, 0.2) is 30.0 Å². The summed E-state index contributed by atoms with van der Waals surface area (Å²) >= 11 is 0. The Hall–Kier alpha value is -2.14. The molecule has 0 fully saturated rings. The van der Waals surface area contributed by atoms with Gasteiger partial charge < -0.3 is 10.4 Å². The van der Waals surface area contributed by atoms with E-state index in [1.54, 1.807) is 0 Å². The fraction of sp³-hybridized carbons (Fsp3) is 0.375. The summed E-state index contributed by atoms with van der Waals surface area (Å²) in [7, 11) is 0. The van der Waals surface area contributed by atoms with Crippen LogP contribution < -0.4 is 5.32 Å². The van der Waals surface area contributed by atoms with E-state index in [0.29, 0.717) is 5.92 Å². The van der Waals surface area contributed by atoms with E-state index >= 15 is 0 Å². The summed E-state index contributed by atoms with van der Waals surface area (Å²) in [4.78, 5) is 24.8. The van der Waals surface area contributed by atoms with Crippen molar-refractivity contribution in [1.29, 1.82) is 0 Å². The molecule has 0 saturated carbocycles. The average Bonchev–Trinajstić information content (AvgIpc) is 2.69. The summed E-state index contributed by atoms with van der Waals surface area (Å²) in [5.74, 6) is -0.412. The molecule has 0 radical (unpaired) electrons. The third-order valence-corrected chi connectivity index (χ3v) is 3.53. The van der Waals surface area contributed by atoms with Crippen molar-refractivity contribution in [2.45, 2.75) is 26.7 Å². The highest BCUT2D eigenvalue weighted by Crippen LogP contribution is 2.25. The molecule has 0 atom stereocenters. The molecule has 2 amide bonds. The summed E-state index contributed by atoms with van der Waals surface area (Å²) in [6.45, 7) is 5.92. The topological polar surface area (TPSA) is 69.6 Å². The molecule has 0 bridgehead atoms. The number of aryl methyl sites for hydroxylation is 1. The molecule has 5 heteroatoms. The zero-order chi connectivity index (χ0) is 15.6. The fourth-order valence-corrected chi connectivity index (χ4v) is 2.19. The Morgan fingerprint density at radius 3 is 2.62 bits per heavy atom. The number of hydrogen-bond acceptors (Lipinski definition) is 4. The third-order valence-electron chi connectivity index (χ3n) is 3.53. The maximum absolute atomic E-state index is 12.1. The largest absolute Gasteiger partial charge is 0.395 e. The van der Waals surface area contributed by atoms with Gasteiger partial charge in [0.2, 0.25) is 0 Å². The van der Waals surface area contributed by atoms with Gasteiger partial charge in [-0.1, -0.05) is 26.0 Å². The minimum Gasteiger partial charge on any atom is -0.395 e. The van der Waals surface area contributed by atoms with Crippen LogP contribution in [0.1, 0.15) is 30.9 Å². The van der Waals surface area contributed by atoms with Gasteiger partial charge in [0, 0.05) is 11.8 Å². The number of nitrogens with zero attached hydrogens (tertiary/aromatic N) is 1. The first-order chi connectivity index (χ1) is 9.93. The number of anilines is 1. The van der Waals surface area contributed by atoms with Crippen molar-refractivity contribution in [2.24, 2.45) is 0 Å². The molecule has 0 spiro atoms. The van der Waals surface area contributed by atoms with Crippen molar-refractivity contribution in [2.75, 3.05) is 18.5 Å². The highest BCUT2D eigenvalue weighted by atomic mass is 16.3. The molecule has 0 unspecified atom stereocenters. The number of nitrogens with one attached hydrogen (secondary N) is 1. The SMILES string of the molecule is Cc1ccc(C(C)C)cc1NC1=CC(=O)N(CCO)C1=O. The highest BCUT2D eigenvalue weighted by molar-refractivity contribution is 6.17. The Labute approximate surface area is 124 Å². The fourth-order valence-electron chi connectivity index (χ4n) is 2.19. The lowest BCUT2D eigenvalue weighted by Gasteiger charge is -2.15. The van der Waals surface area contributed by atoms with E-state index < -0.39 is 11.8 Å². The van der Waals surface area contributed by atoms with Gasteiger partial charge in [0.05, 0.1) is 13.2 Å². The summed E-state index contributed by atoms with van der Waals surface area (Å²) in [6.07, 6.45) is 1.28. The number of hydrogen-bond donors (Lipinski definition) is 2. The van der Waals surface area contributed by atoms with E-state index in [2.05, 4.69) is 25.2 Å². The van der Waals surface area contributed by atoms with Crippen molar-refractivity contribution in [1.82, 2.24) is 4.90 Å². The highest BCUT2D eigenvalue weighted by Gasteiger charge is 2.30. The van der Waals surface area contributed by atoms with Crippen molar-refractivity contribution < 1.29 is 14.7 Å². The van der Waals surface area contributed by atoms with E-state index in [1.807, 2.05) is 19.1 Å². The third kappa shape index (κ3) is 3.13. The molecule has 1 aromatic rings. The molecule has 2 N–H and O–H groups in total. The molecule has 1 aliphatic rings. The van der Waals surface area contributed by atoms with Crippen molar-refractivity contribution in [3.05, 3.63) is 41.1 Å². The minimum atomic E-state index is -0.400. The Kier molecular flexibility index (Phi) is 4.43. The van der Waals surface area contributed by atoms with Gasteiger partial charge in [-0.3, -0.25) is 14.5 Å². The molecular weight excluding hydrogens is 268 g/mol. The number of rotatable bonds is 5. The van der Waals surface area contributed by atoms with Crippen molar-refractivity contribution in [3.8, 4) is 0 Å². The molecule has 0 aliphatic carbocycles. The molecule has 0 saturated heterocycles. The van der Waals surface area contributed by atoms with Crippen LogP contribution in [0.25, 0.3) is 0 Å². The van der Waals surface area contributed by atoms with Gasteiger partial charge >= 0.3 is 0 Å². The first kappa shape index (κ1) is 15.3. The van der Waals surface area contributed by atoms with Crippen LogP contribution in [0.3, 0.4) is 0 Å². The number of benzene rings is 1. The molecular formula is C16H20N2O3. The predicted molar refractivity (Wildman–Crippen MR) is 80.8 cm³/mol. The molecule has 1 aliphatic heterocycles. The first-order valence-corrected chi connectivity index (χ1v) is 7.00. The van der Waals surface area contributed by atoms with Gasteiger partial charge in [-0.2, -0.15) is 0 Å². The first-order valence-electron chi connectivity index (χ1n) is 7.00. The number of aliphatic hydroxyl groups is 1. The van der Waals surface area contributed by atoms with Gasteiger partial charge in [0.1, 0.15) is 5.70 Å². The zero-order valence-electron chi connectivity index (χ0n) is 12.5. The Morgan fingerprint density at radius 2 is 2.00 bits per heavy atom. The summed E-state index contributed by atoms with van der Waals surface area (Å²) in [5, 5.41) is 11.9. The minimum absolute atomic E-state index is 0.0182. The smallest absolute Gasteiger partial charge is 0.277 e. The molecule has 1 heterocycles. The van der Waals surface area contributed by atoms with E-state index in [0.717, 1.165) is 21.7 Å². The lowest BCUT2D eigenvalue weighted by atomic mass is 10.0. The molecule has 21 heavy (non-hydrogen) atoms. The quantitative estimate of drug-likeness (QED) is 0.810. The van der Waals surface area contributed by atoms with E-state index in [-0.39, 0.29) is 18.8 Å². The Bertz CT molecular complexity index is 606. The second-order valence-corrected chi connectivity index (χ2v) is 5.43. The van der Waals surface area contributed by atoms with Crippen molar-refractivity contribution >= 4 is 17.5 Å². The summed E-state index contributed by atoms with van der Waals surface area (Å²) < 4.78 is 0. The lowest BCUT2D eigenvalue weighted by molar-refractivity contribution is -0.137. The second kappa shape index (κ2) is 6.10. The van der Waals surface area contributed by atoms with Crippen LogP contribution in [0.2, 0.25) is 0 Å². The number of imide groups is 1. The van der Waals surface area contributed by atoms with E-state index in [4.69, 9.17) is 5.11 Å². The molecule has 0 aromatic heterocycles. The molecule has 2 rings (SSSR count). The number of carbonyl (C=O) groups excluding carboxylic acids is 2. The number of amides is 2. The van der Waals surface area contributed by atoms with Gasteiger partial charge in [0.25, 0.3) is 11.8 Å². The van der Waals surface area contributed by atoms with Crippen LogP contribution in [-0.4, -0.2) is 35.0 Å². The summed E-state index contributed by atoms with van der Waals surface area (Å²) in [6, 6.07) is 6.04. The normalized spacial score (nSPS) is 14.9.